The Bertz CT molecular complexity index is 1170. The van der Waals surface area contributed by atoms with Gasteiger partial charge in [-0.1, -0.05) is 0 Å². The molecule has 0 amide bonds. The minimum Gasteiger partial charge on any atom is -0.497 e. The Kier molecular flexibility index (Phi) is 5.82. The van der Waals surface area contributed by atoms with Crippen LogP contribution in [-0.2, 0) is 22.7 Å². The van der Waals surface area contributed by atoms with Gasteiger partial charge in [0.15, 0.2) is 0 Å². The second-order valence-corrected chi connectivity index (χ2v) is 6.09. The lowest BCUT2D eigenvalue weighted by molar-refractivity contribution is -0.142. The summed E-state index contributed by atoms with van der Waals surface area (Å²) in [5, 5.41) is 3.40. The third kappa shape index (κ3) is 4.37. The summed E-state index contributed by atoms with van der Waals surface area (Å²) in [7, 11) is 3.09. The lowest BCUT2D eigenvalue weighted by atomic mass is 10.1. The Balaban J connectivity index is 2.06. The first-order valence-electron chi connectivity index (χ1n) is 8.65. The number of benzene rings is 1. The van der Waals surface area contributed by atoms with E-state index < -0.39 is 17.2 Å². The highest BCUT2D eigenvalue weighted by molar-refractivity contribution is 5.79. The molecule has 0 saturated carbocycles. The molecule has 0 aliphatic rings. The Labute approximate surface area is 164 Å². The van der Waals surface area contributed by atoms with Crippen LogP contribution in [0.4, 0.5) is 5.69 Å². The molecule has 0 aliphatic heterocycles. The van der Waals surface area contributed by atoms with Gasteiger partial charge in [0.1, 0.15) is 23.8 Å². The molecule has 0 unspecified atom stereocenters. The maximum atomic E-state index is 12.4. The summed E-state index contributed by atoms with van der Waals surface area (Å²) in [5.41, 5.74) is 0.584. The van der Waals surface area contributed by atoms with Crippen molar-refractivity contribution in [1.82, 2.24) is 15.0 Å². The van der Waals surface area contributed by atoms with Crippen LogP contribution in [0.3, 0.4) is 0 Å². The molecular weight excluding hydrogens is 380 g/mol. The van der Waals surface area contributed by atoms with Gasteiger partial charge in [0.2, 0.25) is 0 Å². The molecule has 0 saturated heterocycles. The molecule has 10 nitrogen and oxygen atoms in total. The number of fused-ring (bicyclic) bond motifs is 1. The van der Waals surface area contributed by atoms with Gasteiger partial charge >= 0.3 is 11.7 Å². The van der Waals surface area contributed by atoms with E-state index in [4.69, 9.17) is 14.2 Å². The minimum absolute atomic E-state index is 0.0664. The van der Waals surface area contributed by atoms with Crippen molar-refractivity contribution in [3.63, 3.8) is 0 Å². The van der Waals surface area contributed by atoms with Crippen LogP contribution in [0.5, 0.6) is 11.5 Å². The largest absolute Gasteiger partial charge is 0.497 e. The average molecular weight is 400 g/mol. The number of aromatic amines is 2. The summed E-state index contributed by atoms with van der Waals surface area (Å²) in [4.78, 5) is 44.1. The van der Waals surface area contributed by atoms with Gasteiger partial charge in [-0.2, -0.15) is 0 Å². The summed E-state index contributed by atoms with van der Waals surface area (Å²) >= 11 is 0. The number of rotatable bonds is 7. The van der Waals surface area contributed by atoms with E-state index in [0.29, 0.717) is 28.3 Å². The van der Waals surface area contributed by atoms with E-state index in [1.165, 1.54) is 20.2 Å². The molecule has 29 heavy (non-hydrogen) atoms. The van der Waals surface area contributed by atoms with E-state index in [1.807, 2.05) is 0 Å². The van der Waals surface area contributed by atoms with E-state index in [0.717, 1.165) is 0 Å². The van der Waals surface area contributed by atoms with Crippen LogP contribution in [0.15, 0.2) is 34.0 Å². The molecule has 0 radical (unpaired) electrons. The summed E-state index contributed by atoms with van der Waals surface area (Å²) in [6.45, 7) is 1.40. The Morgan fingerprint density at radius 3 is 2.66 bits per heavy atom. The first-order valence-corrected chi connectivity index (χ1v) is 8.65. The monoisotopic (exact) mass is 400 g/mol. The Hall–Kier alpha value is -3.82. The predicted octanol–water partition coefficient (Wildman–Crippen LogP) is 1.30. The summed E-state index contributed by atoms with van der Waals surface area (Å²) in [6, 6.07) is 5.25. The lowest BCUT2D eigenvalue weighted by Gasteiger charge is -2.16. The van der Waals surface area contributed by atoms with Crippen molar-refractivity contribution >= 4 is 22.7 Å². The zero-order chi connectivity index (χ0) is 21.0. The number of carbonyl (C=O) groups is 1. The van der Waals surface area contributed by atoms with E-state index in [2.05, 4.69) is 20.3 Å². The molecule has 10 heteroatoms. The molecule has 3 aromatic rings. The van der Waals surface area contributed by atoms with Gasteiger partial charge < -0.3 is 19.5 Å². The van der Waals surface area contributed by atoms with Gasteiger partial charge in [-0.3, -0.25) is 19.6 Å². The molecule has 2 aromatic heterocycles. The van der Waals surface area contributed by atoms with Gasteiger partial charge in [0.25, 0.3) is 5.56 Å². The molecule has 0 bridgehead atoms. The zero-order valence-electron chi connectivity index (χ0n) is 16.1. The van der Waals surface area contributed by atoms with Gasteiger partial charge in [-0.25, -0.2) is 9.78 Å². The Morgan fingerprint density at radius 1 is 1.17 bits per heavy atom. The van der Waals surface area contributed by atoms with Gasteiger partial charge in [0, 0.05) is 31.3 Å². The smallest absolute Gasteiger partial charge is 0.327 e. The molecule has 0 fully saturated rings. The van der Waals surface area contributed by atoms with Crippen LogP contribution in [0.25, 0.3) is 11.0 Å². The fourth-order valence-corrected chi connectivity index (χ4v) is 2.87. The van der Waals surface area contributed by atoms with Crippen LogP contribution in [0.1, 0.15) is 18.1 Å². The van der Waals surface area contributed by atoms with Crippen molar-refractivity contribution in [3.8, 4) is 11.5 Å². The molecule has 0 atom stereocenters. The maximum Gasteiger partial charge on any atom is 0.327 e. The summed E-state index contributed by atoms with van der Waals surface area (Å²) in [6.07, 6.45) is 1.46. The summed E-state index contributed by atoms with van der Waals surface area (Å²) in [5.74, 6) is 0.733. The van der Waals surface area contributed by atoms with Crippen molar-refractivity contribution in [1.29, 1.82) is 0 Å². The number of esters is 1. The van der Waals surface area contributed by atoms with Crippen molar-refractivity contribution in [2.75, 3.05) is 19.5 Å². The molecular formula is C19H20N4O6. The third-order valence-electron chi connectivity index (χ3n) is 4.25. The fraction of sp³-hybridized carbons (Fsp3) is 0.263. The maximum absolute atomic E-state index is 12.4. The standard InChI is InChI=1S/C19H20N4O6/c1-10(24)29-9-11-7-21-17-16(18(25)23-19(26)22-17)13(11)8-20-14-6-12(27-2)4-5-15(14)28-3/h4-7,20H,8-9H2,1-3H3,(H2,21,22,23,25,26). The highest BCUT2D eigenvalue weighted by Gasteiger charge is 2.15. The van der Waals surface area contributed by atoms with Crippen LogP contribution in [-0.4, -0.2) is 35.1 Å². The molecule has 1 aromatic carbocycles. The van der Waals surface area contributed by atoms with Crippen molar-refractivity contribution < 1.29 is 19.0 Å². The van der Waals surface area contributed by atoms with Gasteiger partial charge in [-0.05, 0) is 17.7 Å². The van der Waals surface area contributed by atoms with E-state index in [1.54, 1.807) is 25.3 Å². The number of hydrogen-bond acceptors (Lipinski definition) is 8. The highest BCUT2D eigenvalue weighted by Crippen LogP contribution is 2.30. The number of aromatic nitrogens is 3. The number of H-pyrrole nitrogens is 2. The normalized spacial score (nSPS) is 10.6. The van der Waals surface area contributed by atoms with Crippen molar-refractivity contribution in [3.05, 3.63) is 56.4 Å². The van der Waals surface area contributed by atoms with Crippen LogP contribution in [0.2, 0.25) is 0 Å². The Morgan fingerprint density at radius 2 is 1.97 bits per heavy atom. The second-order valence-electron chi connectivity index (χ2n) is 6.09. The third-order valence-corrected chi connectivity index (χ3v) is 4.25. The van der Waals surface area contributed by atoms with E-state index >= 15 is 0 Å². The quantitative estimate of drug-likeness (QED) is 0.505. The number of nitrogens with one attached hydrogen (secondary N) is 3. The average Bonchev–Trinajstić information content (AvgIpc) is 2.70. The number of hydrogen-bond donors (Lipinski definition) is 3. The van der Waals surface area contributed by atoms with E-state index in [-0.39, 0.29) is 24.2 Å². The van der Waals surface area contributed by atoms with E-state index in [9.17, 15) is 14.4 Å². The number of nitrogens with zero attached hydrogens (tertiary/aromatic N) is 1. The van der Waals surface area contributed by atoms with Crippen LogP contribution < -0.4 is 26.0 Å². The molecule has 3 rings (SSSR count). The number of methoxy groups -OCH3 is 2. The molecule has 0 aliphatic carbocycles. The molecule has 0 spiro atoms. The van der Waals surface area contributed by atoms with Gasteiger partial charge in [0.05, 0.1) is 25.3 Å². The molecule has 152 valence electrons. The van der Waals surface area contributed by atoms with Gasteiger partial charge in [-0.15, -0.1) is 0 Å². The number of carbonyl (C=O) groups excluding carboxylic acids is 1. The first kappa shape index (κ1) is 19.9. The number of ether oxygens (including phenoxy) is 3. The number of pyridine rings is 1. The highest BCUT2D eigenvalue weighted by atomic mass is 16.5. The first-order chi connectivity index (χ1) is 13.9. The minimum atomic E-state index is -0.656. The molecule has 2 heterocycles. The zero-order valence-corrected chi connectivity index (χ0v) is 16.1. The van der Waals surface area contributed by atoms with Crippen molar-refractivity contribution in [2.45, 2.75) is 20.1 Å². The fourth-order valence-electron chi connectivity index (χ4n) is 2.87. The predicted molar refractivity (Wildman–Crippen MR) is 105 cm³/mol. The van der Waals surface area contributed by atoms with Crippen molar-refractivity contribution in [2.24, 2.45) is 0 Å². The molecule has 3 N–H and O–H groups in total. The number of anilines is 1. The van der Waals surface area contributed by atoms with Crippen LogP contribution in [0, 0.1) is 0 Å². The SMILES string of the molecule is COc1ccc(OC)c(NCc2c(COC(C)=O)cnc3[nH]c(=O)[nH]c(=O)c23)c1. The summed E-state index contributed by atoms with van der Waals surface area (Å²) < 4.78 is 15.7. The topological polar surface area (TPSA) is 135 Å². The van der Waals surface area contributed by atoms with Crippen LogP contribution >= 0.6 is 0 Å². The second kappa shape index (κ2) is 8.46. The lowest BCUT2D eigenvalue weighted by Crippen LogP contribution is -2.24.